The van der Waals surface area contributed by atoms with E-state index in [0.717, 1.165) is 43.4 Å². The standard InChI is InChI=1S/C17H24FN3.HI/c1-3-19-16(21-15-9-12(15)2)20-11-17(7-8-17)13-5-4-6-14(18)10-13;/h4-6,10,12,15H,3,7-9,11H2,1-2H3,(H2,19,20,21);1H. The number of aliphatic imine (C=N–C) groups is 1. The Balaban J connectivity index is 0.00000176. The van der Waals surface area contributed by atoms with Crippen molar-refractivity contribution in [1.82, 2.24) is 10.6 Å². The minimum Gasteiger partial charge on any atom is -0.357 e. The van der Waals surface area contributed by atoms with Crippen LogP contribution < -0.4 is 10.6 Å². The van der Waals surface area contributed by atoms with Crippen LogP contribution in [-0.2, 0) is 5.41 Å². The molecule has 0 heterocycles. The van der Waals surface area contributed by atoms with E-state index in [2.05, 4.69) is 24.5 Å². The lowest BCUT2D eigenvalue weighted by Crippen LogP contribution is -2.39. The number of halogens is 2. The van der Waals surface area contributed by atoms with Gasteiger partial charge in [0.15, 0.2) is 5.96 Å². The van der Waals surface area contributed by atoms with Crippen LogP contribution in [0.4, 0.5) is 4.39 Å². The van der Waals surface area contributed by atoms with Gasteiger partial charge in [-0.15, -0.1) is 24.0 Å². The minimum absolute atomic E-state index is 0. The molecule has 3 nitrogen and oxygen atoms in total. The Kier molecular flexibility index (Phi) is 5.69. The summed E-state index contributed by atoms with van der Waals surface area (Å²) in [6, 6.07) is 7.54. The Labute approximate surface area is 149 Å². The Morgan fingerprint density at radius 3 is 2.68 bits per heavy atom. The summed E-state index contributed by atoms with van der Waals surface area (Å²) >= 11 is 0. The second-order valence-corrected chi connectivity index (χ2v) is 6.45. The van der Waals surface area contributed by atoms with Gasteiger partial charge in [0, 0.05) is 18.0 Å². The molecule has 1 aromatic carbocycles. The van der Waals surface area contributed by atoms with Crippen molar-refractivity contribution in [3.8, 4) is 0 Å². The fourth-order valence-electron chi connectivity index (χ4n) is 2.76. The second-order valence-electron chi connectivity index (χ2n) is 6.45. The predicted octanol–water partition coefficient (Wildman–Crippen LogP) is 3.44. The molecule has 1 aromatic rings. The van der Waals surface area contributed by atoms with Crippen molar-refractivity contribution in [2.24, 2.45) is 10.9 Å². The van der Waals surface area contributed by atoms with E-state index in [0.29, 0.717) is 6.04 Å². The van der Waals surface area contributed by atoms with Crippen LogP contribution in [0.25, 0.3) is 0 Å². The third kappa shape index (κ3) is 4.12. The van der Waals surface area contributed by atoms with E-state index in [9.17, 15) is 4.39 Å². The zero-order valence-electron chi connectivity index (χ0n) is 13.2. The van der Waals surface area contributed by atoms with Crippen LogP contribution in [0.5, 0.6) is 0 Å². The van der Waals surface area contributed by atoms with E-state index < -0.39 is 0 Å². The lowest BCUT2D eigenvalue weighted by Gasteiger charge is -2.16. The normalized spacial score (nSPS) is 25.1. The molecule has 2 aliphatic rings. The zero-order valence-corrected chi connectivity index (χ0v) is 15.6. The molecule has 2 unspecified atom stereocenters. The highest BCUT2D eigenvalue weighted by molar-refractivity contribution is 14.0. The summed E-state index contributed by atoms with van der Waals surface area (Å²) in [6.45, 7) is 5.91. The maximum absolute atomic E-state index is 13.4. The summed E-state index contributed by atoms with van der Waals surface area (Å²) in [6.07, 6.45) is 3.41. The fourth-order valence-corrected chi connectivity index (χ4v) is 2.76. The molecule has 0 aromatic heterocycles. The molecule has 2 N–H and O–H groups in total. The number of nitrogens with one attached hydrogen (secondary N) is 2. The molecule has 0 saturated heterocycles. The van der Waals surface area contributed by atoms with Crippen LogP contribution >= 0.6 is 24.0 Å². The Bertz CT molecular complexity index is 542. The topological polar surface area (TPSA) is 36.4 Å². The van der Waals surface area contributed by atoms with Gasteiger partial charge in [0.1, 0.15) is 5.82 Å². The summed E-state index contributed by atoms with van der Waals surface area (Å²) < 4.78 is 13.4. The molecule has 2 fully saturated rings. The highest BCUT2D eigenvalue weighted by atomic mass is 127. The number of guanidine groups is 1. The highest BCUT2D eigenvalue weighted by Gasteiger charge is 2.44. The van der Waals surface area contributed by atoms with E-state index in [-0.39, 0.29) is 35.2 Å². The average molecular weight is 417 g/mol. The molecule has 0 amide bonds. The Morgan fingerprint density at radius 1 is 1.41 bits per heavy atom. The molecule has 2 atom stereocenters. The molecule has 3 rings (SSSR count). The highest BCUT2D eigenvalue weighted by Crippen LogP contribution is 2.48. The average Bonchev–Trinajstić information content (AvgIpc) is 3.36. The molecule has 0 aliphatic heterocycles. The van der Waals surface area contributed by atoms with Gasteiger partial charge in [0.05, 0.1) is 6.54 Å². The van der Waals surface area contributed by atoms with Crippen molar-refractivity contribution < 1.29 is 4.39 Å². The molecule has 22 heavy (non-hydrogen) atoms. The quantitative estimate of drug-likeness (QED) is 0.438. The summed E-state index contributed by atoms with van der Waals surface area (Å²) in [5, 5.41) is 6.77. The molecule has 2 aliphatic carbocycles. The first-order valence-electron chi connectivity index (χ1n) is 7.94. The first kappa shape index (κ1) is 17.5. The van der Waals surface area contributed by atoms with Crippen molar-refractivity contribution in [2.45, 2.75) is 44.6 Å². The van der Waals surface area contributed by atoms with Gasteiger partial charge in [-0.2, -0.15) is 0 Å². The van der Waals surface area contributed by atoms with Crippen molar-refractivity contribution in [1.29, 1.82) is 0 Å². The molecular weight excluding hydrogens is 392 g/mol. The zero-order chi connectivity index (χ0) is 14.9. The van der Waals surface area contributed by atoms with Crippen LogP contribution in [0.15, 0.2) is 29.3 Å². The lowest BCUT2D eigenvalue weighted by molar-refractivity contribution is 0.615. The van der Waals surface area contributed by atoms with E-state index in [4.69, 9.17) is 4.99 Å². The van der Waals surface area contributed by atoms with Gasteiger partial charge in [-0.05, 0) is 49.8 Å². The van der Waals surface area contributed by atoms with Crippen molar-refractivity contribution in [2.75, 3.05) is 13.1 Å². The maximum atomic E-state index is 13.4. The monoisotopic (exact) mass is 417 g/mol. The summed E-state index contributed by atoms with van der Waals surface area (Å²) in [5.41, 5.74) is 1.14. The molecule has 0 bridgehead atoms. The minimum atomic E-state index is -0.153. The molecule has 0 radical (unpaired) electrons. The number of hydrogen-bond acceptors (Lipinski definition) is 1. The second kappa shape index (κ2) is 7.15. The number of rotatable bonds is 5. The molecule has 5 heteroatoms. The lowest BCUT2D eigenvalue weighted by atomic mass is 9.96. The summed E-state index contributed by atoms with van der Waals surface area (Å²) in [7, 11) is 0. The van der Waals surface area contributed by atoms with Crippen molar-refractivity contribution in [3.63, 3.8) is 0 Å². The third-order valence-electron chi connectivity index (χ3n) is 4.61. The van der Waals surface area contributed by atoms with E-state index in [1.165, 1.54) is 12.5 Å². The molecular formula is C17H25FIN3. The summed E-state index contributed by atoms with van der Waals surface area (Å²) in [5.74, 6) is 1.49. The first-order chi connectivity index (χ1) is 10.1. The first-order valence-corrected chi connectivity index (χ1v) is 7.94. The molecule has 122 valence electrons. The van der Waals surface area contributed by atoms with Crippen molar-refractivity contribution in [3.05, 3.63) is 35.6 Å². The van der Waals surface area contributed by atoms with Gasteiger partial charge < -0.3 is 10.6 Å². The number of hydrogen-bond donors (Lipinski definition) is 2. The Hall–Kier alpha value is -0.850. The van der Waals surface area contributed by atoms with Crippen LogP contribution in [0, 0.1) is 11.7 Å². The van der Waals surface area contributed by atoms with Crippen LogP contribution in [0.3, 0.4) is 0 Å². The van der Waals surface area contributed by atoms with Crippen molar-refractivity contribution >= 4 is 29.9 Å². The third-order valence-corrected chi connectivity index (χ3v) is 4.61. The fraction of sp³-hybridized carbons (Fsp3) is 0.588. The largest absolute Gasteiger partial charge is 0.357 e. The molecule has 0 spiro atoms. The van der Waals surface area contributed by atoms with Gasteiger partial charge in [-0.25, -0.2) is 4.39 Å². The van der Waals surface area contributed by atoms with Gasteiger partial charge in [-0.3, -0.25) is 4.99 Å². The predicted molar refractivity (Wildman–Crippen MR) is 99.4 cm³/mol. The Morgan fingerprint density at radius 2 is 2.14 bits per heavy atom. The smallest absolute Gasteiger partial charge is 0.191 e. The van der Waals surface area contributed by atoms with Crippen LogP contribution in [0.1, 0.15) is 38.7 Å². The van der Waals surface area contributed by atoms with E-state index >= 15 is 0 Å². The number of nitrogens with zero attached hydrogens (tertiary/aromatic N) is 1. The molecule has 2 saturated carbocycles. The van der Waals surface area contributed by atoms with Crippen LogP contribution in [-0.4, -0.2) is 25.1 Å². The maximum Gasteiger partial charge on any atom is 0.191 e. The van der Waals surface area contributed by atoms with Gasteiger partial charge in [0.2, 0.25) is 0 Å². The van der Waals surface area contributed by atoms with Crippen LogP contribution in [0.2, 0.25) is 0 Å². The SMILES string of the molecule is CCNC(=NCC1(c2cccc(F)c2)CC1)NC1CC1C.I. The van der Waals surface area contributed by atoms with E-state index in [1.807, 2.05) is 6.07 Å². The number of benzene rings is 1. The van der Waals surface area contributed by atoms with E-state index in [1.54, 1.807) is 12.1 Å². The summed E-state index contributed by atoms with van der Waals surface area (Å²) in [4.78, 5) is 4.74. The van der Waals surface area contributed by atoms with Gasteiger partial charge >= 0.3 is 0 Å². The van der Waals surface area contributed by atoms with Gasteiger partial charge in [0.25, 0.3) is 0 Å². The van der Waals surface area contributed by atoms with Gasteiger partial charge in [-0.1, -0.05) is 19.1 Å².